The summed E-state index contributed by atoms with van der Waals surface area (Å²) < 4.78 is 46.1. The number of rotatable bonds is 2. The first-order valence-electron chi connectivity index (χ1n) is 3.42. The molecule has 1 rings (SSSR count). The van der Waals surface area contributed by atoms with Crippen molar-refractivity contribution in [3.05, 3.63) is 23.2 Å². The van der Waals surface area contributed by atoms with Crippen LogP contribution >= 0.6 is 11.6 Å². The van der Waals surface area contributed by atoms with Crippen LogP contribution in [0.4, 0.5) is 14.5 Å². The fourth-order valence-electron chi connectivity index (χ4n) is 0.852. The molecule has 0 unspecified atom stereocenters. The predicted molar refractivity (Wildman–Crippen MR) is 49.1 cm³/mol. The highest BCUT2D eigenvalue weighted by Crippen LogP contribution is 2.24. The van der Waals surface area contributed by atoms with Gasteiger partial charge in [-0.25, -0.2) is 8.42 Å². The molecule has 0 amide bonds. The normalized spacial score (nSPS) is 12.0. The van der Waals surface area contributed by atoms with Crippen LogP contribution in [0.1, 0.15) is 0 Å². The Labute approximate surface area is 84.4 Å². The summed E-state index contributed by atoms with van der Waals surface area (Å²) in [6.45, 7) is 0. The molecule has 0 saturated carbocycles. The number of hydrogen-bond donors (Lipinski definition) is 1. The fourth-order valence-corrected chi connectivity index (χ4v) is 1.96. The molecule has 0 bridgehead atoms. The van der Waals surface area contributed by atoms with Gasteiger partial charge in [0.05, 0.1) is 4.90 Å². The molecule has 0 aliphatic carbocycles. The standard InChI is InChI=1S/C7H6ClF2NO2S/c8-4-1-5(11)3-6(2-4)14(12,13)7(9)10/h1-3,7H,11H2. The minimum Gasteiger partial charge on any atom is -0.399 e. The van der Waals surface area contributed by atoms with Crippen molar-refractivity contribution in [2.24, 2.45) is 0 Å². The van der Waals surface area contributed by atoms with E-state index in [2.05, 4.69) is 0 Å². The molecule has 14 heavy (non-hydrogen) atoms. The van der Waals surface area contributed by atoms with Gasteiger partial charge < -0.3 is 5.73 Å². The van der Waals surface area contributed by atoms with Gasteiger partial charge in [0.2, 0.25) is 9.84 Å². The predicted octanol–water partition coefficient (Wildman–Crippen LogP) is 1.92. The summed E-state index contributed by atoms with van der Waals surface area (Å²) in [5.74, 6) is -3.47. The van der Waals surface area contributed by atoms with E-state index in [1.807, 2.05) is 0 Å². The average molecular weight is 242 g/mol. The molecule has 0 aliphatic rings. The molecule has 3 nitrogen and oxygen atoms in total. The average Bonchev–Trinajstić information content (AvgIpc) is 2.01. The minimum absolute atomic E-state index is 0.00391. The molecule has 78 valence electrons. The molecule has 0 atom stereocenters. The van der Waals surface area contributed by atoms with Crippen molar-refractivity contribution in [1.82, 2.24) is 0 Å². The van der Waals surface area contributed by atoms with Crippen molar-refractivity contribution in [3.63, 3.8) is 0 Å². The molecule has 0 heterocycles. The number of anilines is 1. The number of alkyl halides is 2. The van der Waals surface area contributed by atoms with Gasteiger partial charge in [-0.2, -0.15) is 8.78 Å². The van der Waals surface area contributed by atoms with E-state index in [4.69, 9.17) is 17.3 Å². The quantitative estimate of drug-likeness (QED) is 0.805. The van der Waals surface area contributed by atoms with Crippen LogP contribution in [0.15, 0.2) is 23.1 Å². The summed E-state index contributed by atoms with van der Waals surface area (Å²) in [7, 11) is -4.62. The van der Waals surface area contributed by atoms with Crippen molar-refractivity contribution in [3.8, 4) is 0 Å². The zero-order valence-corrected chi connectivity index (χ0v) is 8.32. The third-order valence-corrected chi connectivity index (χ3v) is 3.04. The van der Waals surface area contributed by atoms with Crippen molar-refractivity contribution in [1.29, 1.82) is 0 Å². The van der Waals surface area contributed by atoms with Gasteiger partial charge in [0, 0.05) is 10.7 Å². The van der Waals surface area contributed by atoms with Crippen LogP contribution in [-0.4, -0.2) is 14.2 Å². The Bertz CT molecular complexity index is 427. The lowest BCUT2D eigenvalue weighted by molar-refractivity contribution is 0.235. The first-order valence-corrected chi connectivity index (χ1v) is 5.34. The van der Waals surface area contributed by atoms with Gasteiger partial charge in [0.25, 0.3) is 0 Å². The van der Waals surface area contributed by atoms with Crippen LogP contribution in [-0.2, 0) is 9.84 Å². The zero-order valence-electron chi connectivity index (χ0n) is 6.75. The highest BCUT2D eigenvalue weighted by Gasteiger charge is 2.26. The number of nitrogens with two attached hydrogens (primary N) is 1. The van der Waals surface area contributed by atoms with E-state index < -0.39 is 20.5 Å². The monoisotopic (exact) mass is 241 g/mol. The Morgan fingerprint density at radius 1 is 1.29 bits per heavy atom. The van der Waals surface area contributed by atoms with E-state index >= 15 is 0 Å². The lowest BCUT2D eigenvalue weighted by Crippen LogP contribution is -2.11. The van der Waals surface area contributed by atoms with Crippen molar-refractivity contribution in [2.75, 3.05) is 5.73 Å². The second kappa shape index (κ2) is 3.70. The zero-order chi connectivity index (χ0) is 10.9. The van der Waals surface area contributed by atoms with Crippen molar-refractivity contribution >= 4 is 27.1 Å². The second-order valence-electron chi connectivity index (χ2n) is 2.53. The van der Waals surface area contributed by atoms with E-state index in [-0.39, 0.29) is 10.7 Å². The Morgan fingerprint density at radius 2 is 1.86 bits per heavy atom. The molecule has 7 heteroatoms. The lowest BCUT2D eigenvalue weighted by atomic mass is 10.3. The van der Waals surface area contributed by atoms with E-state index in [9.17, 15) is 17.2 Å². The largest absolute Gasteiger partial charge is 0.399 e. The van der Waals surface area contributed by atoms with Crippen molar-refractivity contribution < 1.29 is 17.2 Å². The van der Waals surface area contributed by atoms with E-state index in [1.165, 1.54) is 6.07 Å². The maximum atomic E-state index is 12.1. The number of benzene rings is 1. The third kappa shape index (κ3) is 2.13. The Balaban J connectivity index is 3.34. The summed E-state index contributed by atoms with van der Waals surface area (Å²) in [6, 6.07) is 3.14. The molecule has 0 radical (unpaired) electrons. The molecule has 0 aliphatic heterocycles. The molecule has 0 spiro atoms. The SMILES string of the molecule is Nc1cc(Cl)cc(S(=O)(=O)C(F)F)c1. The maximum absolute atomic E-state index is 12.1. The fraction of sp³-hybridized carbons (Fsp3) is 0.143. The maximum Gasteiger partial charge on any atom is 0.341 e. The van der Waals surface area contributed by atoms with Gasteiger partial charge in [-0.15, -0.1) is 0 Å². The molecule has 0 fully saturated rings. The van der Waals surface area contributed by atoms with Gasteiger partial charge in [-0.1, -0.05) is 11.6 Å². The van der Waals surface area contributed by atoms with Gasteiger partial charge in [0.15, 0.2) is 0 Å². The van der Waals surface area contributed by atoms with E-state index in [0.717, 1.165) is 12.1 Å². The number of halogens is 3. The molecular weight excluding hydrogens is 236 g/mol. The van der Waals surface area contributed by atoms with Crippen LogP contribution in [0.3, 0.4) is 0 Å². The number of sulfone groups is 1. The number of nitrogen functional groups attached to an aromatic ring is 1. The first-order chi connectivity index (χ1) is 6.34. The Morgan fingerprint density at radius 3 is 2.29 bits per heavy atom. The van der Waals surface area contributed by atoms with Crippen LogP contribution in [0.2, 0.25) is 5.02 Å². The summed E-state index contributed by atoms with van der Waals surface area (Å²) in [5.41, 5.74) is 5.29. The molecule has 2 N–H and O–H groups in total. The molecule has 0 saturated heterocycles. The van der Waals surface area contributed by atoms with Crippen LogP contribution in [0.25, 0.3) is 0 Å². The van der Waals surface area contributed by atoms with Crippen LogP contribution in [0.5, 0.6) is 0 Å². The second-order valence-corrected chi connectivity index (χ2v) is 4.88. The summed E-state index contributed by atoms with van der Waals surface area (Å²) in [6.07, 6.45) is 0. The highest BCUT2D eigenvalue weighted by molar-refractivity contribution is 7.91. The summed E-state index contributed by atoms with van der Waals surface area (Å²) >= 11 is 5.47. The van der Waals surface area contributed by atoms with Crippen LogP contribution in [0, 0.1) is 0 Å². The molecule has 0 aromatic heterocycles. The summed E-state index contributed by atoms with van der Waals surface area (Å²) in [4.78, 5) is -0.572. The Kier molecular flexibility index (Phi) is 2.96. The van der Waals surface area contributed by atoms with E-state index in [1.54, 1.807) is 0 Å². The topological polar surface area (TPSA) is 60.2 Å². The Hall–Kier alpha value is -0.880. The molecule has 1 aromatic carbocycles. The first kappa shape index (κ1) is 11.2. The van der Waals surface area contributed by atoms with Gasteiger partial charge in [-0.05, 0) is 18.2 Å². The third-order valence-electron chi connectivity index (χ3n) is 1.46. The van der Waals surface area contributed by atoms with Gasteiger partial charge >= 0.3 is 5.76 Å². The van der Waals surface area contributed by atoms with E-state index in [0.29, 0.717) is 0 Å². The van der Waals surface area contributed by atoms with Gasteiger partial charge in [0.1, 0.15) is 0 Å². The molecular formula is C7H6ClF2NO2S. The van der Waals surface area contributed by atoms with Crippen molar-refractivity contribution in [2.45, 2.75) is 10.7 Å². The minimum atomic E-state index is -4.62. The smallest absolute Gasteiger partial charge is 0.341 e. The lowest BCUT2D eigenvalue weighted by Gasteiger charge is -2.04. The summed E-state index contributed by atoms with van der Waals surface area (Å²) in [5, 5.41) is 0.00391. The number of hydrogen-bond acceptors (Lipinski definition) is 3. The molecule has 1 aromatic rings. The highest BCUT2D eigenvalue weighted by atomic mass is 35.5. The van der Waals surface area contributed by atoms with Crippen LogP contribution < -0.4 is 5.73 Å². The van der Waals surface area contributed by atoms with Gasteiger partial charge in [-0.3, -0.25) is 0 Å².